The lowest BCUT2D eigenvalue weighted by molar-refractivity contribution is 0.0765. The van der Waals surface area contributed by atoms with Crippen molar-refractivity contribution in [3.05, 3.63) is 0 Å². The maximum Gasteiger partial charge on any atom is 0.0593 e. The van der Waals surface area contributed by atoms with Crippen molar-refractivity contribution in [1.82, 2.24) is 10.2 Å². The van der Waals surface area contributed by atoms with Crippen LogP contribution in [0.1, 0.15) is 39.5 Å². The van der Waals surface area contributed by atoms with Gasteiger partial charge >= 0.3 is 0 Å². The molecule has 1 N–H and O–H groups in total. The summed E-state index contributed by atoms with van der Waals surface area (Å²) in [6, 6.07) is 0.776. The molecule has 0 aromatic carbocycles. The van der Waals surface area contributed by atoms with Crippen LogP contribution in [0.15, 0.2) is 0 Å². The van der Waals surface area contributed by atoms with E-state index in [1.165, 1.54) is 45.3 Å². The smallest absolute Gasteiger partial charge is 0.0593 e. The Morgan fingerprint density at radius 1 is 1.16 bits per heavy atom. The molecule has 1 aliphatic carbocycles. The topological polar surface area (TPSA) is 24.5 Å². The predicted octanol–water partition coefficient (Wildman–Crippen LogP) is 2.54. The second kappa shape index (κ2) is 9.17. The summed E-state index contributed by atoms with van der Waals surface area (Å²) in [5.74, 6) is 1.66. The van der Waals surface area contributed by atoms with Gasteiger partial charge < -0.3 is 15.0 Å². The van der Waals surface area contributed by atoms with Gasteiger partial charge in [-0.1, -0.05) is 13.8 Å². The van der Waals surface area contributed by atoms with Crippen LogP contribution < -0.4 is 5.32 Å². The van der Waals surface area contributed by atoms with Gasteiger partial charge in [0, 0.05) is 19.2 Å². The first kappa shape index (κ1) is 17.2. The van der Waals surface area contributed by atoms with Crippen molar-refractivity contribution in [3.8, 4) is 0 Å². The van der Waals surface area contributed by atoms with Crippen LogP contribution in [0.4, 0.5) is 0 Å². The summed E-state index contributed by atoms with van der Waals surface area (Å²) >= 11 is 0. The van der Waals surface area contributed by atoms with Crippen LogP contribution in [0.5, 0.6) is 0 Å². The monoisotopic (exact) mass is 290 g/mol. The van der Waals surface area contributed by atoms with E-state index in [0.717, 1.165) is 31.7 Å². The third kappa shape index (κ3) is 7.50. The summed E-state index contributed by atoms with van der Waals surface area (Å²) < 4.78 is 5.65. The molecular formula is C15H31ClN2O. The third-order valence-electron chi connectivity index (χ3n) is 3.98. The fourth-order valence-corrected chi connectivity index (χ4v) is 2.53. The molecule has 0 amide bonds. The van der Waals surface area contributed by atoms with E-state index in [-0.39, 0.29) is 12.4 Å². The minimum atomic E-state index is 0. The van der Waals surface area contributed by atoms with Crippen LogP contribution in [-0.2, 0) is 4.74 Å². The molecule has 2 rings (SSSR count). The van der Waals surface area contributed by atoms with E-state index in [0.29, 0.717) is 5.92 Å². The van der Waals surface area contributed by atoms with Crippen LogP contribution in [0, 0.1) is 11.8 Å². The highest BCUT2D eigenvalue weighted by Gasteiger charge is 2.24. The molecule has 0 unspecified atom stereocenters. The van der Waals surface area contributed by atoms with E-state index in [4.69, 9.17) is 4.74 Å². The average molecular weight is 291 g/mol. The standard InChI is InChI=1S/C15H30N2O.ClH/c1-13(2)12-18-10-9-17-7-5-15(6-8-17)16-11-14-3-4-14;/h13-16H,3-12H2,1-2H3;1H. The van der Waals surface area contributed by atoms with Gasteiger partial charge in [0.25, 0.3) is 0 Å². The summed E-state index contributed by atoms with van der Waals surface area (Å²) in [5, 5.41) is 3.73. The molecule has 1 aliphatic heterocycles. The van der Waals surface area contributed by atoms with Gasteiger partial charge in [0.1, 0.15) is 0 Å². The van der Waals surface area contributed by atoms with Crippen molar-refractivity contribution in [2.45, 2.75) is 45.6 Å². The van der Waals surface area contributed by atoms with Gasteiger partial charge in [-0.15, -0.1) is 12.4 Å². The van der Waals surface area contributed by atoms with Crippen molar-refractivity contribution in [1.29, 1.82) is 0 Å². The number of piperidine rings is 1. The lowest BCUT2D eigenvalue weighted by Crippen LogP contribution is -2.44. The van der Waals surface area contributed by atoms with E-state index < -0.39 is 0 Å². The second-order valence-corrected chi connectivity index (χ2v) is 6.44. The molecule has 114 valence electrons. The Morgan fingerprint density at radius 2 is 1.84 bits per heavy atom. The Balaban J connectivity index is 0.00000180. The summed E-state index contributed by atoms with van der Waals surface area (Å²) in [6.45, 7) is 11.1. The Morgan fingerprint density at radius 3 is 2.42 bits per heavy atom. The number of nitrogens with one attached hydrogen (secondary N) is 1. The molecule has 1 saturated carbocycles. The first-order valence-corrected chi connectivity index (χ1v) is 7.77. The maximum atomic E-state index is 5.65. The molecule has 0 aromatic rings. The first-order chi connectivity index (χ1) is 8.74. The van der Waals surface area contributed by atoms with Gasteiger partial charge in [-0.3, -0.25) is 0 Å². The van der Waals surface area contributed by atoms with Gasteiger partial charge in [0.2, 0.25) is 0 Å². The molecule has 0 spiro atoms. The first-order valence-electron chi connectivity index (χ1n) is 7.77. The van der Waals surface area contributed by atoms with Gasteiger partial charge in [-0.2, -0.15) is 0 Å². The molecule has 2 fully saturated rings. The zero-order valence-corrected chi connectivity index (χ0v) is 13.4. The predicted molar refractivity (Wildman–Crippen MR) is 83.1 cm³/mol. The van der Waals surface area contributed by atoms with Gasteiger partial charge in [0.15, 0.2) is 0 Å². The highest BCUT2D eigenvalue weighted by atomic mass is 35.5. The number of halogens is 1. The zero-order valence-electron chi connectivity index (χ0n) is 12.6. The fraction of sp³-hybridized carbons (Fsp3) is 1.00. The zero-order chi connectivity index (χ0) is 12.8. The Labute approximate surface area is 124 Å². The summed E-state index contributed by atoms with van der Waals surface area (Å²) in [4.78, 5) is 2.55. The van der Waals surface area contributed by atoms with Crippen LogP contribution in [-0.4, -0.2) is 50.3 Å². The molecule has 19 heavy (non-hydrogen) atoms. The molecule has 3 nitrogen and oxygen atoms in total. The quantitative estimate of drug-likeness (QED) is 0.695. The van der Waals surface area contributed by atoms with E-state index in [9.17, 15) is 0 Å². The average Bonchev–Trinajstić information content (AvgIpc) is 3.17. The molecule has 0 bridgehead atoms. The molecule has 0 atom stereocenters. The number of rotatable bonds is 8. The fourth-order valence-electron chi connectivity index (χ4n) is 2.53. The minimum Gasteiger partial charge on any atom is -0.380 e. The summed E-state index contributed by atoms with van der Waals surface area (Å²) in [6.07, 6.45) is 5.55. The highest BCUT2D eigenvalue weighted by molar-refractivity contribution is 5.85. The third-order valence-corrected chi connectivity index (χ3v) is 3.98. The second-order valence-electron chi connectivity index (χ2n) is 6.44. The Kier molecular flexibility index (Phi) is 8.31. The van der Waals surface area contributed by atoms with E-state index in [1.807, 2.05) is 0 Å². The van der Waals surface area contributed by atoms with Crippen LogP contribution in [0.3, 0.4) is 0 Å². The van der Waals surface area contributed by atoms with Crippen molar-refractivity contribution >= 4 is 12.4 Å². The Hall–Kier alpha value is 0.170. The molecular weight excluding hydrogens is 260 g/mol. The van der Waals surface area contributed by atoms with Crippen molar-refractivity contribution < 1.29 is 4.74 Å². The van der Waals surface area contributed by atoms with Crippen molar-refractivity contribution in [2.75, 3.05) is 39.4 Å². The highest BCUT2D eigenvalue weighted by Crippen LogP contribution is 2.28. The number of hydrogen-bond acceptors (Lipinski definition) is 3. The van der Waals surface area contributed by atoms with Crippen molar-refractivity contribution in [2.24, 2.45) is 11.8 Å². The summed E-state index contributed by atoms with van der Waals surface area (Å²) in [5.41, 5.74) is 0. The van der Waals surface area contributed by atoms with Crippen molar-refractivity contribution in [3.63, 3.8) is 0 Å². The van der Waals surface area contributed by atoms with Gasteiger partial charge in [0.05, 0.1) is 6.61 Å². The minimum absolute atomic E-state index is 0. The molecule has 1 saturated heterocycles. The van der Waals surface area contributed by atoms with E-state index >= 15 is 0 Å². The number of nitrogens with zero attached hydrogens (tertiary/aromatic N) is 1. The largest absolute Gasteiger partial charge is 0.380 e. The molecule has 4 heteroatoms. The molecule has 0 aromatic heterocycles. The van der Waals surface area contributed by atoms with Crippen LogP contribution in [0.25, 0.3) is 0 Å². The van der Waals surface area contributed by atoms with Gasteiger partial charge in [-0.05, 0) is 57.2 Å². The lowest BCUT2D eigenvalue weighted by atomic mass is 10.0. The lowest BCUT2D eigenvalue weighted by Gasteiger charge is -2.32. The van der Waals surface area contributed by atoms with E-state index in [1.54, 1.807) is 0 Å². The summed E-state index contributed by atoms with van der Waals surface area (Å²) in [7, 11) is 0. The molecule has 1 heterocycles. The maximum absolute atomic E-state index is 5.65. The molecule has 0 radical (unpaired) electrons. The molecule has 2 aliphatic rings. The number of ether oxygens (including phenoxy) is 1. The Bertz CT molecular complexity index is 226. The number of likely N-dealkylation sites (tertiary alicyclic amines) is 1. The normalized spacial score (nSPS) is 21.6. The SMILES string of the molecule is CC(C)COCCN1CCC(NCC2CC2)CC1.Cl. The van der Waals surface area contributed by atoms with Gasteiger partial charge in [-0.25, -0.2) is 0 Å². The van der Waals surface area contributed by atoms with E-state index in [2.05, 4.69) is 24.1 Å². The van der Waals surface area contributed by atoms with Crippen LogP contribution >= 0.6 is 12.4 Å². The van der Waals surface area contributed by atoms with Crippen LogP contribution in [0.2, 0.25) is 0 Å². The number of hydrogen-bond donors (Lipinski definition) is 1.